The van der Waals surface area contributed by atoms with Crippen molar-refractivity contribution in [3.63, 3.8) is 0 Å². The van der Waals surface area contributed by atoms with Gasteiger partial charge in [-0.1, -0.05) is 18.2 Å². The molecule has 3 aromatic rings. The van der Waals surface area contributed by atoms with E-state index < -0.39 is 10.1 Å². The fourth-order valence-corrected chi connectivity index (χ4v) is 3.75. The van der Waals surface area contributed by atoms with E-state index >= 15 is 0 Å². The highest BCUT2D eigenvalue weighted by atomic mass is 32.2. The molecule has 1 aromatic heterocycles. The van der Waals surface area contributed by atoms with Crippen LogP contribution in [0.25, 0.3) is 11.0 Å². The van der Waals surface area contributed by atoms with E-state index in [9.17, 15) is 13.2 Å². The van der Waals surface area contributed by atoms with Crippen LogP contribution >= 0.6 is 11.7 Å². The van der Waals surface area contributed by atoms with Gasteiger partial charge in [-0.05, 0) is 29.8 Å². The van der Waals surface area contributed by atoms with Gasteiger partial charge in [-0.25, -0.2) is 0 Å². The molecule has 0 unspecified atom stereocenters. The highest BCUT2D eigenvalue weighted by Gasteiger charge is 2.21. The van der Waals surface area contributed by atoms with Gasteiger partial charge in [0.1, 0.15) is 21.7 Å². The Kier molecular flexibility index (Phi) is 4.45. The van der Waals surface area contributed by atoms with E-state index in [1.54, 1.807) is 24.3 Å². The maximum absolute atomic E-state index is 12.5. The monoisotopic (exact) mass is 364 g/mol. The molecule has 3 rings (SSSR count). The molecule has 24 heavy (non-hydrogen) atoms. The number of rotatable bonds is 5. The van der Waals surface area contributed by atoms with Crippen molar-refractivity contribution >= 4 is 38.8 Å². The Morgan fingerprint density at radius 2 is 1.88 bits per heavy atom. The van der Waals surface area contributed by atoms with Crippen molar-refractivity contribution in [1.29, 1.82) is 0 Å². The molecule has 2 aromatic carbocycles. The highest BCUT2D eigenvalue weighted by molar-refractivity contribution is 7.87. The Labute approximate surface area is 142 Å². The van der Waals surface area contributed by atoms with E-state index in [0.717, 1.165) is 11.7 Å². The third-order valence-electron chi connectivity index (χ3n) is 3.22. The van der Waals surface area contributed by atoms with Crippen LogP contribution in [0.2, 0.25) is 0 Å². The van der Waals surface area contributed by atoms with Crippen molar-refractivity contribution in [2.75, 3.05) is 7.11 Å². The lowest BCUT2D eigenvalue weighted by Crippen LogP contribution is -2.10. The molecule has 0 amide bonds. The van der Waals surface area contributed by atoms with Crippen LogP contribution in [-0.2, 0) is 26.1 Å². The molecule has 7 nitrogen and oxygen atoms in total. The van der Waals surface area contributed by atoms with E-state index in [1.165, 1.54) is 25.3 Å². The average molecular weight is 364 g/mol. The Hall–Kier alpha value is -2.52. The first kappa shape index (κ1) is 16.3. The van der Waals surface area contributed by atoms with Crippen molar-refractivity contribution in [1.82, 2.24) is 8.75 Å². The predicted octanol–water partition coefficient (Wildman–Crippen LogP) is 2.17. The highest BCUT2D eigenvalue weighted by Crippen LogP contribution is 2.25. The Morgan fingerprint density at radius 1 is 1.12 bits per heavy atom. The van der Waals surface area contributed by atoms with Gasteiger partial charge in [-0.3, -0.25) is 4.79 Å². The van der Waals surface area contributed by atoms with Gasteiger partial charge in [0.15, 0.2) is 0 Å². The Morgan fingerprint density at radius 3 is 2.58 bits per heavy atom. The number of fused-ring (bicyclic) bond motifs is 1. The molecular formula is C15H12N2O5S2. The molecule has 1 heterocycles. The minimum atomic E-state index is -4.04. The van der Waals surface area contributed by atoms with E-state index in [-0.39, 0.29) is 28.6 Å². The number of nitrogens with zero attached hydrogens (tertiary/aromatic N) is 2. The summed E-state index contributed by atoms with van der Waals surface area (Å²) in [5.74, 6) is -0.234. The Balaban J connectivity index is 1.84. The summed E-state index contributed by atoms with van der Waals surface area (Å²) in [5.41, 5.74) is 1.47. The molecule has 0 fully saturated rings. The summed E-state index contributed by atoms with van der Waals surface area (Å²) in [6.45, 7) is 0. The van der Waals surface area contributed by atoms with Gasteiger partial charge in [-0.15, -0.1) is 0 Å². The zero-order valence-corrected chi connectivity index (χ0v) is 14.1. The number of ether oxygens (including phenoxy) is 1. The van der Waals surface area contributed by atoms with E-state index in [1.807, 2.05) is 0 Å². The van der Waals surface area contributed by atoms with Gasteiger partial charge in [0.25, 0.3) is 0 Å². The molecule has 0 N–H and O–H groups in total. The lowest BCUT2D eigenvalue weighted by molar-refractivity contribution is -0.139. The minimum absolute atomic E-state index is 0.0348. The fourth-order valence-electron chi connectivity index (χ4n) is 2.06. The van der Waals surface area contributed by atoms with E-state index in [2.05, 4.69) is 13.5 Å². The van der Waals surface area contributed by atoms with Crippen LogP contribution in [0.3, 0.4) is 0 Å². The maximum Gasteiger partial charge on any atom is 0.341 e. The molecule has 0 atom stereocenters. The van der Waals surface area contributed by atoms with Crippen LogP contribution in [0.1, 0.15) is 5.56 Å². The Bertz CT molecular complexity index is 981. The van der Waals surface area contributed by atoms with Crippen molar-refractivity contribution in [3.05, 3.63) is 48.0 Å². The standard InChI is InChI=1S/C15H12N2O5S2/c1-21-14(18)9-10-5-7-11(8-6-10)22-24(19,20)13-4-2-3-12-15(13)17-23-16-12/h2-8H,9H2,1H3. The number of methoxy groups -OCH3 is 1. The summed E-state index contributed by atoms with van der Waals surface area (Å²) in [5, 5.41) is 0. The van der Waals surface area contributed by atoms with Gasteiger partial charge >= 0.3 is 16.1 Å². The first-order valence-corrected chi connectivity index (χ1v) is 8.95. The maximum atomic E-state index is 12.5. The van der Waals surface area contributed by atoms with Gasteiger partial charge in [0.05, 0.1) is 25.3 Å². The summed E-state index contributed by atoms with van der Waals surface area (Å²) < 4.78 is 42.7. The van der Waals surface area contributed by atoms with Crippen LogP contribution in [0.4, 0.5) is 0 Å². The number of hydrogen-bond acceptors (Lipinski definition) is 8. The summed E-state index contributed by atoms with van der Waals surface area (Å²) in [4.78, 5) is 11.2. The van der Waals surface area contributed by atoms with Gasteiger partial charge in [0.2, 0.25) is 0 Å². The first-order valence-electron chi connectivity index (χ1n) is 6.81. The predicted molar refractivity (Wildman–Crippen MR) is 87.4 cm³/mol. The van der Waals surface area contributed by atoms with Gasteiger partial charge in [-0.2, -0.15) is 17.2 Å². The molecule has 124 valence electrons. The normalized spacial score (nSPS) is 11.4. The summed E-state index contributed by atoms with van der Waals surface area (Å²) in [6.07, 6.45) is 0.104. The van der Waals surface area contributed by atoms with Crippen molar-refractivity contribution in [3.8, 4) is 5.75 Å². The van der Waals surface area contributed by atoms with Crippen LogP contribution in [-0.4, -0.2) is 30.2 Å². The second-order valence-electron chi connectivity index (χ2n) is 4.82. The number of aromatic nitrogens is 2. The fraction of sp³-hybridized carbons (Fsp3) is 0.133. The summed E-state index contributed by atoms with van der Waals surface area (Å²) in [6, 6.07) is 10.9. The van der Waals surface area contributed by atoms with Crippen LogP contribution in [0, 0.1) is 0 Å². The van der Waals surface area contributed by atoms with E-state index in [4.69, 9.17) is 4.18 Å². The minimum Gasteiger partial charge on any atom is -0.469 e. The number of carbonyl (C=O) groups is 1. The zero-order chi connectivity index (χ0) is 17.2. The summed E-state index contributed by atoms with van der Waals surface area (Å²) in [7, 11) is -2.73. The van der Waals surface area contributed by atoms with Crippen molar-refractivity contribution in [2.45, 2.75) is 11.3 Å². The SMILES string of the molecule is COC(=O)Cc1ccc(OS(=O)(=O)c2cccc3nsnc23)cc1. The molecule has 0 bridgehead atoms. The second-order valence-corrected chi connectivity index (χ2v) is 6.87. The smallest absolute Gasteiger partial charge is 0.341 e. The molecule has 0 aliphatic rings. The number of carbonyl (C=O) groups excluding carboxylic acids is 1. The van der Waals surface area contributed by atoms with Crippen molar-refractivity contribution < 1.29 is 22.1 Å². The van der Waals surface area contributed by atoms with Gasteiger partial charge < -0.3 is 8.92 Å². The molecular weight excluding hydrogens is 352 g/mol. The van der Waals surface area contributed by atoms with Gasteiger partial charge in [0, 0.05) is 0 Å². The molecule has 0 radical (unpaired) electrons. The van der Waals surface area contributed by atoms with Crippen LogP contribution in [0.5, 0.6) is 5.75 Å². The zero-order valence-electron chi connectivity index (χ0n) is 12.5. The first-order chi connectivity index (χ1) is 11.5. The molecule has 0 aliphatic heterocycles. The molecule has 0 saturated heterocycles. The number of esters is 1. The third-order valence-corrected chi connectivity index (χ3v) is 5.05. The number of benzene rings is 2. The lowest BCUT2D eigenvalue weighted by Gasteiger charge is -2.08. The molecule has 0 saturated carbocycles. The average Bonchev–Trinajstić information content (AvgIpc) is 3.04. The third kappa shape index (κ3) is 3.36. The quantitative estimate of drug-likeness (QED) is 0.506. The van der Waals surface area contributed by atoms with Crippen LogP contribution in [0.15, 0.2) is 47.4 Å². The number of hydrogen-bond donors (Lipinski definition) is 0. The molecule has 9 heteroatoms. The van der Waals surface area contributed by atoms with Crippen molar-refractivity contribution in [2.24, 2.45) is 0 Å². The van der Waals surface area contributed by atoms with Crippen LogP contribution < -0.4 is 4.18 Å². The lowest BCUT2D eigenvalue weighted by atomic mass is 10.1. The summed E-state index contributed by atoms with van der Waals surface area (Å²) >= 11 is 0.935. The largest absolute Gasteiger partial charge is 0.469 e. The topological polar surface area (TPSA) is 95.5 Å². The second kappa shape index (κ2) is 6.54. The molecule has 0 aliphatic carbocycles. The van der Waals surface area contributed by atoms with E-state index in [0.29, 0.717) is 11.1 Å². The molecule has 0 spiro atoms.